The van der Waals surface area contributed by atoms with Gasteiger partial charge in [0.25, 0.3) is 0 Å². The molecule has 1 heterocycles. The Bertz CT molecular complexity index is 642. The first kappa shape index (κ1) is 14.2. The maximum atomic E-state index is 6.16. The summed E-state index contributed by atoms with van der Waals surface area (Å²) < 4.78 is 0. The molecule has 0 bridgehead atoms. The third-order valence-corrected chi connectivity index (χ3v) is 4.18. The summed E-state index contributed by atoms with van der Waals surface area (Å²) in [5.41, 5.74) is 4.98. The van der Waals surface area contributed by atoms with Crippen LogP contribution in [-0.4, -0.2) is 27.2 Å². The Morgan fingerprint density at radius 3 is 2.57 bits per heavy atom. The second-order valence-electron chi connectivity index (χ2n) is 5.37. The minimum Gasteiger partial charge on any atom is -0.371 e. The van der Waals surface area contributed by atoms with Crippen molar-refractivity contribution < 1.29 is 0 Å². The molecular formula is C17H20ClN3. The minimum atomic E-state index is 0.784. The van der Waals surface area contributed by atoms with Crippen molar-refractivity contribution in [2.45, 2.75) is 6.54 Å². The maximum Gasteiger partial charge on any atom is 0.0649 e. The number of fused-ring (bicyclic) bond motifs is 1. The van der Waals surface area contributed by atoms with E-state index >= 15 is 0 Å². The van der Waals surface area contributed by atoms with Crippen molar-refractivity contribution in [1.29, 1.82) is 0 Å². The molecule has 3 rings (SSSR count). The van der Waals surface area contributed by atoms with Crippen molar-refractivity contribution in [2.24, 2.45) is 0 Å². The second kappa shape index (κ2) is 5.96. The summed E-state index contributed by atoms with van der Waals surface area (Å²) in [6.07, 6.45) is 0. The van der Waals surface area contributed by atoms with Gasteiger partial charge in [0.1, 0.15) is 0 Å². The number of rotatable bonds is 3. The lowest BCUT2D eigenvalue weighted by Crippen LogP contribution is -2.37. The third kappa shape index (κ3) is 2.71. The van der Waals surface area contributed by atoms with Gasteiger partial charge in [-0.15, -0.1) is 0 Å². The van der Waals surface area contributed by atoms with Crippen LogP contribution in [0, 0.1) is 0 Å². The number of anilines is 3. The fourth-order valence-corrected chi connectivity index (χ4v) is 3.10. The molecule has 0 spiro atoms. The topological polar surface area (TPSA) is 18.5 Å². The first-order valence-corrected chi connectivity index (χ1v) is 7.59. The van der Waals surface area contributed by atoms with E-state index < -0.39 is 0 Å². The normalized spacial score (nSPS) is 14.2. The molecule has 0 aromatic heterocycles. The van der Waals surface area contributed by atoms with E-state index in [1.165, 1.54) is 22.6 Å². The van der Waals surface area contributed by atoms with E-state index in [-0.39, 0.29) is 0 Å². The number of nitrogens with one attached hydrogen (secondary N) is 1. The lowest BCUT2D eigenvalue weighted by atomic mass is 10.1. The van der Waals surface area contributed by atoms with Crippen molar-refractivity contribution in [1.82, 2.24) is 5.32 Å². The summed E-state index contributed by atoms with van der Waals surface area (Å²) in [5, 5.41) is 4.01. The molecule has 0 amide bonds. The molecule has 1 aliphatic heterocycles. The summed E-state index contributed by atoms with van der Waals surface area (Å²) >= 11 is 6.16. The second-order valence-corrected chi connectivity index (χ2v) is 5.80. The average Bonchev–Trinajstić information content (AvgIpc) is 2.49. The van der Waals surface area contributed by atoms with E-state index in [9.17, 15) is 0 Å². The van der Waals surface area contributed by atoms with E-state index in [0.29, 0.717) is 0 Å². The predicted molar refractivity (Wildman–Crippen MR) is 90.9 cm³/mol. The quantitative estimate of drug-likeness (QED) is 0.933. The number of hydrogen-bond acceptors (Lipinski definition) is 3. The van der Waals surface area contributed by atoms with Crippen molar-refractivity contribution in [3.63, 3.8) is 0 Å². The van der Waals surface area contributed by atoms with Gasteiger partial charge in [-0.05, 0) is 42.9 Å². The minimum absolute atomic E-state index is 0.784. The van der Waals surface area contributed by atoms with Crippen molar-refractivity contribution >= 4 is 28.7 Å². The predicted octanol–water partition coefficient (Wildman–Crippen LogP) is 3.65. The zero-order valence-corrected chi connectivity index (χ0v) is 13.2. The van der Waals surface area contributed by atoms with Gasteiger partial charge in [0.05, 0.1) is 11.4 Å². The van der Waals surface area contributed by atoms with E-state index in [2.05, 4.69) is 52.5 Å². The van der Waals surface area contributed by atoms with Gasteiger partial charge >= 0.3 is 0 Å². The highest BCUT2D eigenvalue weighted by Gasteiger charge is 2.22. The maximum absolute atomic E-state index is 6.16. The Kier molecular flexibility index (Phi) is 4.04. The van der Waals surface area contributed by atoms with Crippen LogP contribution >= 0.6 is 11.6 Å². The van der Waals surface area contributed by atoms with E-state index in [1.807, 2.05) is 19.2 Å². The van der Waals surface area contributed by atoms with Gasteiger partial charge in [-0.25, -0.2) is 0 Å². The van der Waals surface area contributed by atoms with Gasteiger partial charge < -0.3 is 15.1 Å². The van der Waals surface area contributed by atoms with Crippen LogP contribution in [0.1, 0.15) is 5.56 Å². The molecule has 0 unspecified atom stereocenters. The largest absolute Gasteiger partial charge is 0.371 e. The Morgan fingerprint density at radius 2 is 1.81 bits per heavy atom. The first-order valence-electron chi connectivity index (χ1n) is 7.21. The van der Waals surface area contributed by atoms with Gasteiger partial charge in [-0.3, -0.25) is 0 Å². The van der Waals surface area contributed by atoms with E-state index in [1.54, 1.807) is 0 Å². The fourth-order valence-electron chi connectivity index (χ4n) is 2.91. The summed E-state index contributed by atoms with van der Waals surface area (Å²) in [4.78, 5) is 4.69. The molecule has 4 heteroatoms. The monoisotopic (exact) mass is 301 g/mol. The van der Waals surface area contributed by atoms with Gasteiger partial charge in [-0.1, -0.05) is 23.7 Å². The smallest absolute Gasteiger partial charge is 0.0649 e. The third-order valence-electron chi connectivity index (χ3n) is 3.94. The van der Waals surface area contributed by atoms with Gasteiger partial charge in [0.15, 0.2) is 0 Å². The van der Waals surface area contributed by atoms with Crippen LogP contribution in [0.5, 0.6) is 0 Å². The number of hydrogen-bond donors (Lipinski definition) is 1. The molecule has 2 aromatic rings. The fraction of sp³-hybridized carbons (Fsp3) is 0.294. The standard InChI is InChI=1S/C17H20ClN3/c1-19-12-13-11-14(18)7-8-15(13)21-10-9-20(2)16-5-3-4-6-17(16)21/h3-8,11,19H,9-10,12H2,1-2H3. The molecule has 1 N–H and O–H groups in total. The molecule has 0 saturated heterocycles. The van der Waals surface area contributed by atoms with Gasteiger partial charge in [0.2, 0.25) is 0 Å². The van der Waals surface area contributed by atoms with Crippen molar-refractivity contribution in [3.8, 4) is 0 Å². The lowest BCUT2D eigenvalue weighted by Gasteiger charge is -2.38. The summed E-state index contributed by atoms with van der Waals surface area (Å²) in [7, 11) is 4.11. The van der Waals surface area contributed by atoms with Crippen LogP contribution in [0.15, 0.2) is 42.5 Å². The Hall–Kier alpha value is -1.71. The van der Waals surface area contributed by atoms with Crippen LogP contribution in [-0.2, 0) is 6.54 Å². The highest BCUT2D eigenvalue weighted by Crippen LogP contribution is 2.38. The molecular weight excluding hydrogens is 282 g/mol. The van der Waals surface area contributed by atoms with Crippen LogP contribution in [0.3, 0.4) is 0 Å². The molecule has 0 atom stereocenters. The average molecular weight is 302 g/mol. The highest BCUT2D eigenvalue weighted by atomic mass is 35.5. The van der Waals surface area contributed by atoms with Crippen LogP contribution in [0.4, 0.5) is 17.1 Å². The zero-order chi connectivity index (χ0) is 14.8. The highest BCUT2D eigenvalue weighted by molar-refractivity contribution is 6.30. The molecule has 0 saturated carbocycles. The molecule has 3 nitrogen and oxygen atoms in total. The van der Waals surface area contributed by atoms with Crippen LogP contribution in [0.25, 0.3) is 0 Å². The van der Waals surface area contributed by atoms with Crippen molar-refractivity contribution in [3.05, 3.63) is 53.1 Å². The number of likely N-dealkylation sites (N-methyl/N-ethyl adjacent to an activating group) is 1. The molecule has 110 valence electrons. The van der Waals surface area contributed by atoms with Gasteiger partial charge in [-0.2, -0.15) is 0 Å². The molecule has 0 fully saturated rings. The number of para-hydroxylation sites is 2. The Balaban J connectivity index is 2.07. The summed E-state index contributed by atoms with van der Waals surface area (Å²) in [5.74, 6) is 0. The summed E-state index contributed by atoms with van der Waals surface area (Å²) in [6, 6.07) is 14.7. The van der Waals surface area contributed by atoms with E-state index in [4.69, 9.17) is 11.6 Å². The molecule has 21 heavy (non-hydrogen) atoms. The number of benzene rings is 2. The molecule has 0 aliphatic carbocycles. The summed E-state index contributed by atoms with van der Waals surface area (Å²) in [6.45, 7) is 2.80. The SMILES string of the molecule is CNCc1cc(Cl)ccc1N1CCN(C)c2ccccc21. The number of halogens is 1. The Morgan fingerprint density at radius 1 is 1.05 bits per heavy atom. The number of nitrogens with zero attached hydrogens (tertiary/aromatic N) is 2. The Labute approximate surface area is 131 Å². The van der Waals surface area contributed by atoms with Crippen LogP contribution < -0.4 is 15.1 Å². The van der Waals surface area contributed by atoms with Gasteiger partial charge in [0, 0.05) is 37.4 Å². The lowest BCUT2D eigenvalue weighted by molar-refractivity contribution is 0.792. The van der Waals surface area contributed by atoms with Crippen LogP contribution in [0.2, 0.25) is 5.02 Å². The molecule has 0 radical (unpaired) electrons. The molecule has 1 aliphatic rings. The van der Waals surface area contributed by atoms with E-state index in [0.717, 1.165) is 24.7 Å². The first-order chi connectivity index (χ1) is 10.2. The zero-order valence-electron chi connectivity index (χ0n) is 12.4. The molecule has 2 aromatic carbocycles. The van der Waals surface area contributed by atoms with Crippen molar-refractivity contribution in [2.75, 3.05) is 37.0 Å².